The Hall–Kier alpha value is -2.64. The van der Waals surface area contributed by atoms with Gasteiger partial charge in [0.1, 0.15) is 11.8 Å². The van der Waals surface area contributed by atoms with E-state index < -0.39 is 6.04 Å². The third kappa shape index (κ3) is 8.42. The molecule has 0 spiro atoms. The zero-order valence-electron chi connectivity index (χ0n) is 22.5. The van der Waals surface area contributed by atoms with Crippen LogP contribution in [0.2, 0.25) is 0 Å². The Bertz CT molecular complexity index is 1260. The smallest absolute Gasteiger partial charge is 0.261 e. The molecule has 1 atom stereocenters. The van der Waals surface area contributed by atoms with E-state index in [9.17, 15) is 9.59 Å². The number of carbonyl (C=O) groups excluding carboxylic acids is 2. The molecular weight excluding hydrogens is 620 g/mol. The molecule has 0 unspecified atom stereocenters. The highest BCUT2D eigenvalue weighted by atomic mass is 79.9. The van der Waals surface area contributed by atoms with Gasteiger partial charge < -0.3 is 15.0 Å². The van der Waals surface area contributed by atoms with Crippen LogP contribution in [0, 0.1) is 0 Å². The lowest BCUT2D eigenvalue weighted by molar-refractivity contribution is -0.143. The molecule has 7 heteroatoms. The van der Waals surface area contributed by atoms with Crippen molar-refractivity contribution in [1.29, 1.82) is 0 Å². The Kier molecular flexibility index (Phi) is 10.6. The third-order valence-corrected chi connectivity index (χ3v) is 8.30. The summed E-state index contributed by atoms with van der Waals surface area (Å²) < 4.78 is 7.74. The number of rotatable bonds is 11. The van der Waals surface area contributed by atoms with Gasteiger partial charge in [0.2, 0.25) is 5.91 Å². The van der Waals surface area contributed by atoms with Gasteiger partial charge in [-0.3, -0.25) is 9.59 Å². The first kappa shape index (κ1) is 29.3. The van der Waals surface area contributed by atoms with Crippen LogP contribution in [0.4, 0.5) is 0 Å². The second kappa shape index (κ2) is 14.1. The monoisotopic (exact) mass is 654 g/mol. The van der Waals surface area contributed by atoms with Crippen molar-refractivity contribution in [2.75, 3.05) is 6.61 Å². The molecule has 1 aliphatic carbocycles. The molecule has 0 aromatic heterocycles. The van der Waals surface area contributed by atoms with Crippen LogP contribution in [-0.2, 0) is 22.6 Å². The summed E-state index contributed by atoms with van der Waals surface area (Å²) in [6, 6.07) is 23.1. The normalized spacial score (nSPS) is 14.3. The summed E-state index contributed by atoms with van der Waals surface area (Å²) in [6.07, 6.45) is 4.62. The molecule has 1 fully saturated rings. The topological polar surface area (TPSA) is 58.6 Å². The van der Waals surface area contributed by atoms with Crippen LogP contribution >= 0.6 is 31.9 Å². The minimum atomic E-state index is -0.671. The van der Waals surface area contributed by atoms with E-state index >= 15 is 0 Å². The maximum atomic E-state index is 13.9. The molecule has 0 heterocycles. The Morgan fingerprint density at radius 3 is 2.33 bits per heavy atom. The van der Waals surface area contributed by atoms with E-state index in [4.69, 9.17) is 4.74 Å². The highest BCUT2D eigenvalue weighted by Gasteiger charge is 2.32. The van der Waals surface area contributed by atoms with E-state index in [-0.39, 0.29) is 24.5 Å². The molecule has 1 aliphatic rings. The van der Waals surface area contributed by atoms with E-state index in [0.29, 0.717) is 24.6 Å². The van der Waals surface area contributed by atoms with Gasteiger partial charge in [-0.05, 0) is 75.6 Å². The van der Waals surface area contributed by atoms with Gasteiger partial charge in [0.05, 0.1) is 4.47 Å². The number of halogens is 2. The first-order valence-electron chi connectivity index (χ1n) is 13.6. The Morgan fingerprint density at radius 1 is 0.949 bits per heavy atom. The summed E-state index contributed by atoms with van der Waals surface area (Å²) in [4.78, 5) is 29.3. The summed E-state index contributed by atoms with van der Waals surface area (Å²) in [7, 11) is 0. The number of carbonyl (C=O) groups is 2. The van der Waals surface area contributed by atoms with Crippen molar-refractivity contribution in [3.05, 3.63) is 98.4 Å². The first-order chi connectivity index (χ1) is 18.8. The maximum Gasteiger partial charge on any atom is 0.261 e. The van der Waals surface area contributed by atoms with Crippen molar-refractivity contribution < 1.29 is 14.3 Å². The molecule has 0 aliphatic heterocycles. The molecule has 3 aromatic carbocycles. The van der Waals surface area contributed by atoms with Gasteiger partial charge in [0.15, 0.2) is 6.61 Å². The molecule has 5 nitrogen and oxygen atoms in total. The molecule has 4 rings (SSSR count). The van der Waals surface area contributed by atoms with Gasteiger partial charge in [-0.2, -0.15) is 0 Å². The van der Waals surface area contributed by atoms with Crippen LogP contribution in [0.3, 0.4) is 0 Å². The minimum Gasteiger partial charge on any atom is -0.483 e. The average Bonchev–Trinajstić information content (AvgIpc) is 3.43. The SMILES string of the molecule is CC(C)c1ccc(OCC(=O)N(Cc2cccc(Br)c2)[C@@H](Cc2ccccc2)C(=O)NC2CCCC2)c(Br)c1. The van der Waals surface area contributed by atoms with Crippen molar-refractivity contribution in [1.82, 2.24) is 10.2 Å². The van der Waals surface area contributed by atoms with Crippen molar-refractivity contribution in [3.8, 4) is 5.75 Å². The molecule has 206 valence electrons. The molecule has 0 bridgehead atoms. The second-order valence-electron chi connectivity index (χ2n) is 10.5. The van der Waals surface area contributed by atoms with Crippen LogP contribution in [0.5, 0.6) is 5.75 Å². The number of hydrogen-bond acceptors (Lipinski definition) is 3. The molecule has 1 N–H and O–H groups in total. The molecule has 3 aromatic rings. The van der Waals surface area contributed by atoms with Crippen LogP contribution < -0.4 is 10.1 Å². The zero-order valence-corrected chi connectivity index (χ0v) is 25.7. The van der Waals surface area contributed by atoms with Gasteiger partial charge >= 0.3 is 0 Å². The molecule has 0 radical (unpaired) electrons. The predicted octanol–water partition coefficient (Wildman–Crippen LogP) is 7.41. The molecule has 39 heavy (non-hydrogen) atoms. The first-order valence-corrected chi connectivity index (χ1v) is 15.2. The largest absolute Gasteiger partial charge is 0.483 e. The van der Waals surface area contributed by atoms with Gasteiger partial charge in [-0.15, -0.1) is 0 Å². The predicted molar refractivity (Wildman–Crippen MR) is 163 cm³/mol. The summed E-state index contributed by atoms with van der Waals surface area (Å²) in [5.74, 6) is 0.633. The third-order valence-electron chi connectivity index (χ3n) is 7.19. The Labute approximate surface area is 248 Å². The zero-order chi connectivity index (χ0) is 27.8. The lowest BCUT2D eigenvalue weighted by atomic mass is 10.0. The fraction of sp³-hybridized carbons (Fsp3) is 0.375. The second-order valence-corrected chi connectivity index (χ2v) is 12.3. The number of hydrogen-bond donors (Lipinski definition) is 1. The van der Waals surface area contributed by atoms with Gasteiger partial charge in [0.25, 0.3) is 5.91 Å². The van der Waals surface area contributed by atoms with E-state index in [0.717, 1.165) is 45.8 Å². The van der Waals surface area contributed by atoms with Crippen LogP contribution in [-0.4, -0.2) is 35.4 Å². The van der Waals surface area contributed by atoms with Crippen molar-refractivity contribution in [2.24, 2.45) is 0 Å². The average molecular weight is 656 g/mol. The fourth-order valence-electron chi connectivity index (χ4n) is 4.97. The van der Waals surface area contributed by atoms with Gasteiger partial charge in [-0.25, -0.2) is 0 Å². The summed E-state index contributed by atoms with van der Waals surface area (Å²) in [5.41, 5.74) is 3.12. The lowest BCUT2D eigenvalue weighted by Gasteiger charge is -2.32. The highest BCUT2D eigenvalue weighted by molar-refractivity contribution is 9.10. The number of ether oxygens (including phenoxy) is 1. The number of nitrogens with zero attached hydrogens (tertiary/aromatic N) is 1. The fourth-order valence-corrected chi connectivity index (χ4v) is 5.93. The standard InChI is InChI=1S/C32H36Br2N2O3/c1-22(2)25-15-16-30(28(34)19-25)39-21-31(37)36(20-24-11-8-12-26(33)17-24)29(18-23-9-4-3-5-10-23)32(38)35-27-13-6-7-14-27/h3-5,8-12,15-17,19,22,27,29H,6-7,13-14,18,20-21H2,1-2H3,(H,35,38)/t29-/m0/s1. The van der Waals surface area contributed by atoms with Crippen LogP contribution in [0.1, 0.15) is 62.1 Å². The van der Waals surface area contributed by atoms with Crippen molar-refractivity contribution in [2.45, 2.75) is 70.5 Å². The minimum absolute atomic E-state index is 0.114. The quantitative estimate of drug-likeness (QED) is 0.234. The van der Waals surface area contributed by atoms with Gasteiger partial charge in [0, 0.05) is 23.5 Å². The van der Waals surface area contributed by atoms with Crippen molar-refractivity contribution in [3.63, 3.8) is 0 Å². The lowest BCUT2D eigenvalue weighted by Crippen LogP contribution is -2.53. The molecule has 0 saturated heterocycles. The highest BCUT2D eigenvalue weighted by Crippen LogP contribution is 2.29. The van der Waals surface area contributed by atoms with E-state index in [1.54, 1.807) is 4.90 Å². The molecule has 1 saturated carbocycles. The Balaban J connectivity index is 1.61. The number of nitrogens with one attached hydrogen (secondary N) is 1. The molecular formula is C32H36Br2N2O3. The van der Waals surface area contributed by atoms with E-state index in [2.05, 4.69) is 51.0 Å². The van der Waals surface area contributed by atoms with Crippen LogP contribution in [0.15, 0.2) is 81.7 Å². The summed E-state index contributed by atoms with van der Waals surface area (Å²) >= 11 is 7.13. The van der Waals surface area contributed by atoms with Crippen molar-refractivity contribution >= 4 is 43.7 Å². The number of benzene rings is 3. The van der Waals surface area contributed by atoms with Crippen LogP contribution in [0.25, 0.3) is 0 Å². The Morgan fingerprint density at radius 2 is 1.67 bits per heavy atom. The number of amides is 2. The van der Waals surface area contributed by atoms with Gasteiger partial charge in [-0.1, -0.05) is 91.1 Å². The summed E-state index contributed by atoms with van der Waals surface area (Å²) in [6.45, 7) is 4.39. The van der Waals surface area contributed by atoms with E-state index in [1.807, 2.05) is 72.8 Å². The maximum absolute atomic E-state index is 13.9. The molecule has 2 amide bonds. The van der Waals surface area contributed by atoms with E-state index in [1.165, 1.54) is 5.56 Å². The summed E-state index contributed by atoms with van der Waals surface area (Å²) in [5, 5.41) is 3.24.